The molecule has 0 aromatic heterocycles. The highest BCUT2D eigenvalue weighted by molar-refractivity contribution is 7.80. The van der Waals surface area contributed by atoms with Crippen molar-refractivity contribution in [3.05, 3.63) is 29.3 Å². The quantitative estimate of drug-likeness (QED) is 0.796. The standard InChI is InChI=1S/C12H17NOS/c1-8-4-5-11(14-3)10(6-8)7-9(2)12(13)15/h4-6,9H,7H2,1-3H3,(H2,13,15). The maximum atomic E-state index is 5.60. The molecule has 1 aromatic carbocycles. The molecule has 82 valence electrons. The van der Waals surface area contributed by atoms with Gasteiger partial charge < -0.3 is 10.5 Å². The average molecular weight is 223 g/mol. The summed E-state index contributed by atoms with van der Waals surface area (Å²) in [5.41, 5.74) is 7.99. The molecule has 0 aliphatic rings. The van der Waals surface area contributed by atoms with Gasteiger partial charge in [-0.3, -0.25) is 0 Å². The van der Waals surface area contributed by atoms with E-state index < -0.39 is 0 Å². The molecule has 0 fully saturated rings. The van der Waals surface area contributed by atoms with Crippen molar-refractivity contribution in [3.8, 4) is 5.75 Å². The largest absolute Gasteiger partial charge is 0.496 e. The highest BCUT2D eigenvalue weighted by Crippen LogP contribution is 2.22. The summed E-state index contributed by atoms with van der Waals surface area (Å²) in [5.74, 6) is 1.11. The van der Waals surface area contributed by atoms with Gasteiger partial charge in [0.1, 0.15) is 5.75 Å². The third-order valence-corrected chi connectivity index (χ3v) is 2.85. The number of ether oxygens (including phenoxy) is 1. The minimum absolute atomic E-state index is 0.204. The van der Waals surface area contributed by atoms with Crippen LogP contribution >= 0.6 is 12.2 Å². The first-order valence-electron chi connectivity index (χ1n) is 4.97. The minimum Gasteiger partial charge on any atom is -0.496 e. The second-order valence-electron chi connectivity index (χ2n) is 3.82. The van der Waals surface area contributed by atoms with Crippen LogP contribution in [0.3, 0.4) is 0 Å². The maximum Gasteiger partial charge on any atom is 0.122 e. The van der Waals surface area contributed by atoms with E-state index in [1.807, 2.05) is 19.1 Å². The summed E-state index contributed by atoms with van der Waals surface area (Å²) in [7, 11) is 1.68. The predicted molar refractivity (Wildman–Crippen MR) is 67.4 cm³/mol. The van der Waals surface area contributed by atoms with E-state index in [9.17, 15) is 0 Å². The molecule has 1 aromatic rings. The Morgan fingerprint density at radius 1 is 1.53 bits per heavy atom. The first kappa shape index (κ1) is 12.0. The Labute approximate surface area is 96.4 Å². The summed E-state index contributed by atoms with van der Waals surface area (Å²) >= 11 is 4.97. The topological polar surface area (TPSA) is 35.2 Å². The van der Waals surface area contributed by atoms with Gasteiger partial charge >= 0.3 is 0 Å². The van der Waals surface area contributed by atoms with Crippen molar-refractivity contribution in [2.75, 3.05) is 7.11 Å². The number of nitrogens with two attached hydrogens (primary N) is 1. The zero-order valence-corrected chi connectivity index (χ0v) is 10.2. The average Bonchev–Trinajstić information content (AvgIpc) is 2.18. The van der Waals surface area contributed by atoms with Gasteiger partial charge in [-0.05, 0) is 25.0 Å². The lowest BCUT2D eigenvalue weighted by atomic mass is 9.99. The fourth-order valence-electron chi connectivity index (χ4n) is 1.50. The molecule has 1 unspecified atom stereocenters. The molecular formula is C12H17NOS. The molecule has 0 radical (unpaired) electrons. The van der Waals surface area contributed by atoms with Gasteiger partial charge in [0.2, 0.25) is 0 Å². The van der Waals surface area contributed by atoms with Crippen LogP contribution in [-0.2, 0) is 6.42 Å². The first-order valence-corrected chi connectivity index (χ1v) is 5.38. The molecule has 0 amide bonds. The van der Waals surface area contributed by atoms with Crippen molar-refractivity contribution in [1.29, 1.82) is 0 Å². The van der Waals surface area contributed by atoms with Crippen LogP contribution in [0.5, 0.6) is 5.75 Å². The SMILES string of the molecule is COc1ccc(C)cc1CC(C)C(N)=S. The smallest absolute Gasteiger partial charge is 0.122 e. The normalized spacial score (nSPS) is 12.2. The lowest BCUT2D eigenvalue weighted by Crippen LogP contribution is -2.20. The van der Waals surface area contributed by atoms with Crippen molar-refractivity contribution in [2.24, 2.45) is 11.7 Å². The molecule has 1 rings (SSSR count). The van der Waals surface area contributed by atoms with E-state index in [0.717, 1.165) is 17.7 Å². The van der Waals surface area contributed by atoms with Crippen LogP contribution in [0.1, 0.15) is 18.1 Å². The molecule has 0 spiro atoms. The van der Waals surface area contributed by atoms with Gasteiger partial charge in [0, 0.05) is 5.92 Å². The number of hydrogen-bond donors (Lipinski definition) is 1. The van der Waals surface area contributed by atoms with E-state index in [2.05, 4.69) is 13.0 Å². The molecule has 0 aliphatic heterocycles. The van der Waals surface area contributed by atoms with Gasteiger partial charge in [0.15, 0.2) is 0 Å². The summed E-state index contributed by atoms with van der Waals surface area (Å²) in [6.07, 6.45) is 0.834. The Kier molecular flexibility index (Phi) is 4.09. The van der Waals surface area contributed by atoms with Crippen LogP contribution in [0.4, 0.5) is 0 Å². The van der Waals surface area contributed by atoms with Crippen molar-refractivity contribution < 1.29 is 4.74 Å². The van der Waals surface area contributed by atoms with Crippen molar-refractivity contribution in [1.82, 2.24) is 0 Å². The summed E-state index contributed by atoms with van der Waals surface area (Å²) < 4.78 is 5.30. The number of methoxy groups -OCH3 is 1. The number of thiocarbonyl (C=S) groups is 1. The third kappa shape index (κ3) is 3.20. The van der Waals surface area contributed by atoms with Gasteiger partial charge in [0.25, 0.3) is 0 Å². The second-order valence-corrected chi connectivity index (χ2v) is 4.29. The summed E-state index contributed by atoms with van der Waals surface area (Å²) in [6.45, 7) is 4.10. The molecule has 2 nitrogen and oxygen atoms in total. The zero-order valence-electron chi connectivity index (χ0n) is 9.41. The minimum atomic E-state index is 0.204. The Hall–Kier alpha value is -1.09. The van der Waals surface area contributed by atoms with Gasteiger partial charge in [-0.15, -0.1) is 0 Å². The molecule has 0 bridgehead atoms. The highest BCUT2D eigenvalue weighted by atomic mass is 32.1. The van der Waals surface area contributed by atoms with Crippen molar-refractivity contribution in [2.45, 2.75) is 20.3 Å². The fraction of sp³-hybridized carbons (Fsp3) is 0.417. The summed E-state index contributed by atoms with van der Waals surface area (Å²) in [6, 6.07) is 6.14. The Bertz CT molecular complexity index is 363. The molecule has 2 N–H and O–H groups in total. The Morgan fingerprint density at radius 2 is 2.20 bits per heavy atom. The molecule has 0 heterocycles. The summed E-state index contributed by atoms with van der Waals surface area (Å²) in [5, 5.41) is 0. The monoisotopic (exact) mass is 223 g/mol. The summed E-state index contributed by atoms with van der Waals surface area (Å²) in [4.78, 5) is 0.554. The molecule has 15 heavy (non-hydrogen) atoms. The lowest BCUT2D eigenvalue weighted by molar-refractivity contribution is 0.408. The maximum absolute atomic E-state index is 5.60. The molecule has 3 heteroatoms. The van der Waals surface area contributed by atoms with Gasteiger partial charge in [-0.2, -0.15) is 0 Å². The van der Waals surface area contributed by atoms with E-state index in [-0.39, 0.29) is 5.92 Å². The van der Waals surface area contributed by atoms with Crippen LogP contribution in [-0.4, -0.2) is 12.1 Å². The second kappa shape index (κ2) is 5.12. The Balaban J connectivity index is 2.91. The van der Waals surface area contributed by atoms with Crippen LogP contribution in [0.2, 0.25) is 0 Å². The van der Waals surface area contributed by atoms with E-state index >= 15 is 0 Å². The van der Waals surface area contributed by atoms with E-state index in [4.69, 9.17) is 22.7 Å². The number of rotatable bonds is 4. The lowest BCUT2D eigenvalue weighted by Gasteiger charge is -2.13. The molecule has 0 saturated carbocycles. The van der Waals surface area contributed by atoms with Crippen LogP contribution in [0, 0.1) is 12.8 Å². The molecule has 0 saturated heterocycles. The first-order chi connectivity index (χ1) is 7.04. The van der Waals surface area contributed by atoms with Crippen molar-refractivity contribution in [3.63, 3.8) is 0 Å². The van der Waals surface area contributed by atoms with Gasteiger partial charge in [-0.1, -0.05) is 36.8 Å². The predicted octanol–water partition coefficient (Wildman–Crippen LogP) is 2.47. The fourth-order valence-corrected chi connectivity index (χ4v) is 1.58. The Morgan fingerprint density at radius 3 is 2.73 bits per heavy atom. The van der Waals surface area contributed by atoms with Gasteiger partial charge in [-0.25, -0.2) is 0 Å². The highest BCUT2D eigenvalue weighted by Gasteiger charge is 2.10. The van der Waals surface area contributed by atoms with Crippen LogP contribution < -0.4 is 10.5 Å². The van der Waals surface area contributed by atoms with E-state index in [1.54, 1.807) is 7.11 Å². The number of benzene rings is 1. The molecular weight excluding hydrogens is 206 g/mol. The number of aryl methyl sites for hydroxylation is 1. The molecule has 0 aliphatic carbocycles. The van der Waals surface area contributed by atoms with E-state index in [1.165, 1.54) is 5.56 Å². The number of hydrogen-bond acceptors (Lipinski definition) is 2. The van der Waals surface area contributed by atoms with Crippen LogP contribution in [0.15, 0.2) is 18.2 Å². The zero-order chi connectivity index (χ0) is 11.4. The molecule has 1 atom stereocenters. The van der Waals surface area contributed by atoms with E-state index in [0.29, 0.717) is 4.99 Å². The van der Waals surface area contributed by atoms with Gasteiger partial charge in [0.05, 0.1) is 12.1 Å². The van der Waals surface area contributed by atoms with Crippen molar-refractivity contribution >= 4 is 17.2 Å². The van der Waals surface area contributed by atoms with Crippen LogP contribution in [0.25, 0.3) is 0 Å². The third-order valence-electron chi connectivity index (χ3n) is 2.45.